The molecular formula is C19H15IOS. The molecule has 110 valence electrons. The van der Waals surface area contributed by atoms with Crippen molar-refractivity contribution in [1.29, 1.82) is 0 Å². The molecule has 2 aromatic carbocycles. The van der Waals surface area contributed by atoms with E-state index in [9.17, 15) is 5.11 Å². The lowest BCUT2D eigenvalue weighted by Crippen LogP contribution is -2.01. The SMILES string of the molecule is OC(/C(=C(\I)c1ccccc1)c1ccccc1)c1cccs1. The standard InChI is InChI=1S/C19H15IOS/c20-18(15-10-5-2-6-11-15)17(14-8-3-1-4-9-14)19(21)16-12-7-13-22-16/h1-13,19,21H/b18-17-. The van der Waals surface area contributed by atoms with Gasteiger partial charge in [0.1, 0.15) is 6.10 Å². The van der Waals surface area contributed by atoms with Crippen molar-refractivity contribution in [2.45, 2.75) is 6.10 Å². The maximum absolute atomic E-state index is 10.9. The van der Waals surface area contributed by atoms with Gasteiger partial charge in [0.25, 0.3) is 0 Å². The molecule has 0 aliphatic carbocycles. The van der Waals surface area contributed by atoms with Crippen molar-refractivity contribution in [3.8, 4) is 0 Å². The number of benzene rings is 2. The van der Waals surface area contributed by atoms with Gasteiger partial charge in [0.2, 0.25) is 0 Å². The molecular weight excluding hydrogens is 403 g/mol. The quantitative estimate of drug-likeness (QED) is 0.420. The number of hydrogen-bond acceptors (Lipinski definition) is 2. The van der Waals surface area contributed by atoms with Gasteiger partial charge in [-0.1, -0.05) is 66.7 Å². The first kappa shape index (κ1) is 15.5. The molecule has 0 aliphatic heterocycles. The predicted octanol–water partition coefficient (Wildman–Crippen LogP) is 5.79. The van der Waals surface area contributed by atoms with Crippen molar-refractivity contribution in [1.82, 2.24) is 0 Å². The number of rotatable bonds is 4. The van der Waals surface area contributed by atoms with Crippen LogP contribution in [0.2, 0.25) is 0 Å². The maximum Gasteiger partial charge on any atom is 0.115 e. The van der Waals surface area contributed by atoms with Gasteiger partial charge in [-0.05, 0) is 45.2 Å². The van der Waals surface area contributed by atoms with Crippen LogP contribution in [0, 0.1) is 0 Å². The third-order valence-electron chi connectivity index (χ3n) is 3.43. The summed E-state index contributed by atoms with van der Waals surface area (Å²) in [6, 6.07) is 24.3. The van der Waals surface area contributed by atoms with Crippen LogP contribution in [0.4, 0.5) is 0 Å². The molecule has 0 bridgehead atoms. The number of hydrogen-bond donors (Lipinski definition) is 1. The summed E-state index contributed by atoms with van der Waals surface area (Å²) in [6.45, 7) is 0. The Balaban J connectivity index is 2.15. The van der Waals surface area contributed by atoms with Crippen LogP contribution >= 0.6 is 33.9 Å². The monoisotopic (exact) mass is 418 g/mol. The van der Waals surface area contributed by atoms with Gasteiger partial charge in [0.15, 0.2) is 0 Å². The van der Waals surface area contributed by atoms with E-state index in [2.05, 4.69) is 34.7 Å². The number of halogens is 1. The van der Waals surface area contributed by atoms with Crippen molar-refractivity contribution in [2.24, 2.45) is 0 Å². The van der Waals surface area contributed by atoms with E-state index in [4.69, 9.17) is 0 Å². The molecule has 0 amide bonds. The summed E-state index contributed by atoms with van der Waals surface area (Å²) in [5, 5.41) is 12.9. The number of aliphatic hydroxyl groups excluding tert-OH is 1. The minimum absolute atomic E-state index is 0.616. The molecule has 1 aromatic heterocycles. The molecule has 0 saturated carbocycles. The molecule has 3 heteroatoms. The van der Waals surface area contributed by atoms with Gasteiger partial charge in [-0.2, -0.15) is 0 Å². The predicted molar refractivity (Wildman–Crippen MR) is 103 cm³/mol. The van der Waals surface area contributed by atoms with Crippen molar-refractivity contribution in [3.63, 3.8) is 0 Å². The average Bonchev–Trinajstić information content (AvgIpc) is 3.11. The van der Waals surface area contributed by atoms with Crippen LogP contribution in [0.3, 0.4) is 0 Å². The van der Waals surface area contributed by atoms with Gasteiger partial charge >= 0.3 is 0 Å². The molecule has 3 rings (SSSR count). The van der Waals surface area contributed by atoms with E-state index in [1.807, 2.05) is 66.0 Å². The van der Waals surface area contributed by atoms with Crippen molar-refractivity contribution < 1.29 is 5.11 Å². The summed E-state index contributed by atoms with van der Waals surface area (Å²) in [7, 11) is 0. The summed E-state index contributed by atoms with van der Waals surface area (Å²) in [6.07, 6.45) is -0.616. The zero-order chi connectivity index (χ0) is 15.4. The fourth-order valence-corrected chi connectivity index (χ4v) is 4.04. The Morgan fingerprint density at radius 3 is 1.95 bits per heavy atom. The lowest BCUT2D eigenvalue weighted by molar-refractivity contribution is 0.242. The van der Waals surface area contributed by atoms with Crippen LogP contribution in [-0.4, -0.2) is 5.11 Å². The van der Waals surface area contributed by atoms with Gasteiger partial charge in [-0.25, -0.2) is 0 Å². The van der Waals surface area contributed by atoms with E-state index in [1.54, 1.807) is 11.3 Å². The first-order chi connectivity index (χ1) is 10.8. The summed E-state index contributed by atoms with van der Waals surface area (Å²) in [5.74, 6) is 0. The fourth-order valence-electron chi connectivity index (χ4n) is 2.35. The second kappa shape index (κ2) is 7.22. The normalized spacial score (nSPS) is 13.5. The fraction of sp³-hybridized carbons (Fsp3) is 0.0526. The molecule has 0 aliphatic rings. The molecule has 3 aromatic rings. The Labute approximate surface area is 148 Å². The molecule has 1 nitrogen and oxygen atoms in total. The van der Waals surface area contributed by atoms with Crippen LogP contribution < -0.4 is 0 Å². The molecule has 22 heavy (non-hydrogen) atoms. The first-order valence-corrected chi connectivity index (χ1v) is 8.95. The van der Waals surface area contributed by atoms with Crippen LogP contribution in [0.25, 0.3) is 9.15 Å². The maximum atomic E-state index is 10.9. The van der Waals surface area contributed by atoms with Crippen molar-refractivity contribution in [3.05, 3.63) is 94.2 Å². The Morgan fingerprint density at radius 1 is 0.818 bits per heavy atom. The van der Waals surface area contributed by atoms with Gasteiger partial charge in [0, 0.05) is 14.0 Å². The summed E-state index contributed by atoms with van der Waals surface area (Å²) in [4.78, 5) is 0.962. The smallest absolute Gasteiger partial charge is 0.115 e. The molecule has 0 saturated heterocycles. The van der Waals surface area contributed by atoms with E-state index in [0.717, 1.165) is 25.2 Å². The number of aliphatic hydroxyl groups is 1. The highest BCUT2D eigenvalue weighted by Gasteiger charge is 2.20. The molecule has 0 radical (unpaired) electrons. The van der Waals surface area contributed by atoms with Crippen LogP contribution in [0.15, 0.2) is 78.2 Å². The van der Waals surface area contributed by atoms with Gasteiger partial charge < -0.3 is 5.11 Å². The lowest BCUT2D eigenvalue weighted by atomic mass is 9.97. The Kier molecular flexibility index (Phi) is 5.08. The third-order valence-corrected chi connectivity index (χ3v) is 5.56. The minimum atomic E-state index is -0.616. The van der Waals surface area contributed by atoms with E-state index in [0.29, 0.717) is 0 Å². The molecule has 1 unspecified atom stereocenters. The summed E-state index contributed by atoms with van der Waals surface area (Å²) in [5.41, 5.74) is 3.13. The molecule has 0 fully saturated rings. The molecule has 0 spiro atoms. The summed E-state index contributed by atoms with van der Waals surface area (Å²) < 4.78 is 1.07. The lowest BCUT2D eigenvalue weighted by Gasteiger charge is -2.17. The van der Waals surface area contributed by atoms with Gasteiger partial charge in [0.05, 0.1) is 0 Å². The Bertz CT molecular complexity index is 749. The summed E-state index contributed by atoms with van der Waals surface area (Å²) >= 11 is 3.92. The van der Waals surface area contributed by atoms with Gasteiger partial charge in [-0.3, -0.25) is 0 Å². The van der Waals surface area contributed by atoms with E-state index >= 15 is 0 Å². The second-order valence-corrected chi connectivity index (χ2v) is 6.94. The Morgan fingerprint density at radius 2 is 1.41 bits per heavy atom. The first-order valence-electron chi connectivity index (χ1n) is 6.99. The van der Waals surface area contributed by atoms with Crippen molar-refractivity contribution in [2.75, 3.05) is 0 Å². The van der Waals surface area contributed by atoms with Crippen LogP contribution in [0.1, 0.15) is 22.1 Å². The Hall–Kier alpha value is -1.43. The van der Waals surface area contributed by atoms with Gasteiger partial charge in [-0.15, -0.1) is 11.3 Å². The highest BCUT2D eigenvalue weighted by atomic mass is 127. The second-order valence-electron chi connectivity index (χ2n) is 4.88. The van der Waals surface area contributed by atoms with E-state index < -0.39 is 6.10 Å². The minimum Gasteiger partial charge on any atom is -0.383 e. The average molecular weight is 418 g/mol. The third kappa shape index (κ3) is 3.32. The van der Waals surface area contributed by atoms with Crippen LogP contribution in [0.5, 0.6) is 0 Å². The zero-order valence-electron chi connectivity index (χ0n) is 11.8. The topological polar surface area (TPSA) is 20.2 Å². The zero-order valence-corrected chi connectivity index (χ0v) is 14.8. The highest BCUT2D eigenvalue weighted by molar-refractivity contribution is 14.1. The van der Waals surface area contributed by atoms with E-state index in [-0.39, 0.29) is 0 Å². The van der Waals surface area contributed by atoms with Crippen LogP contribution in [-0.2, 0) is 0 Å². The molecule has 1 atom stereocenters. The largest absolute Gasteiger partial charge is 0.383 e. The number of thiophene rings is 1. The molecule has 1 N–H and O–H groups in total. The highest BCUT2D eigenvalue weighted by Crippen LogP contribution is 2.40. The molecule has 1 heterocycles. The van der Waals surface area contributed by atoms with E-state index in [1.165, 1.54) is 0 Å². The van der Waals surface area contributed by atoms with Crippen molar-refractivity contribution >= 4 is 43.1 Å².